The van der Waals surface area contributed by atoms with Crippen LogP contribution in [-0.2, 0) is 6.18 Å². The van der Waals surface area contributed by atoms with E-state index in [-0.39, 0.29) is 6.04 Å². The second-order valence-corrected chi connectivity index (χ2v) is 5.56. The van der Waals surface area contributed by atoms with Gasteiger partial charge in [-0.05, 0) is 47.6 Å². The summed E-state index contributed by atoms with van der Waals surface area (Å²) in [6.45, 7) is 0. The van der Waals surface area contributed by atoms with Crippen molar-refractivity contribution in [3.05, 3.63) is 59.7 Å². The summed E-state index contributed by atoms with van der Waals surface area (Å²) in [6, 6.07) is 13.1. The molecule has 2 N–H and O–H groups in total. The van der Waals surface area contributed by atoms with Crippen molar-refractivity contribution in [2.24, 2.45) is 11.7 Å². The lowest BCUT2D eigenvalue weighted by Gasteiger charge is -2.12. The van der Waals surface area contributed by atoms with Gasteiger partial charge in [-0.15, -0.1) is 0 Å². The Morgan fingerprint density at radius 3 is 1.76 bits per heavy atom. The average molecular weight is 291 g/mol. The molecule has 2 aromatic carbocycles. The van der Waals surface area contributed by atoms with Crippen LogP contribution in [0.15, 0.2) is 48.5 Å². The van der Waals surface area contributed by atoms with Crippen molar-refractivity contribution in [2.45, 2.75) is 25.1 Å². The van der Waals surface area contributed by atoms with Crippen molar-refractivity contribution in [1.29, 1.82) is 0 Å². The van der Waals surface area contributed by atoms with E-state index in [1.165, 1.54) is 25.0 Å². The first-order valence-corrected chi connectivity index (χ1v) is 6.98. The van der Waals surface area contributed by atoms with Crippen molar-refractivity contribution < 1.29 is 13.2 Å². The third kappa shape index (κ3) is 3.10. The summed E-state index contributed by atoms with van der Waals surface area (Å²) in [5, 5.41) is 0. The van der Waals surface area contributed by atoms with Crippen LogP contribution in [0, 0.1) is 5.92 Å². The number of hydrogen-bond acceptors (Lipinski definition) is 1. The molecular formula is C17H16F3N. The van der Waals surface area contributed by atoms with Gasteiger partial charge in [0.05, 0.1) is 5.56 Å². The van der Waals surface area contributed by atoms with Gasteiger partial charge in [-0.25, -0.2) is 0 Å². The monoisotopic (exact) mass is 291 g/mol. The molecule has 1 saturated carbocycles. The third-order valence-electron chi connectivity index (χ3n) is 3.97. The van der Waals surface area contributed by atoms with Crippen molar-refractivity contribution in [1.82, 2.24) is 0 Å². The van der Waals surface area contributed by atoms with Crippen LogP contribution in [0.3, 0.4) is 0 Å². The van der Waals surface area contributed by atoms with Crippen LogP contribution in [0.25, 0.3) is 11.1 Å². The van der Waals surface area contributed by atoms with Crippen molar-refractivity contribution >= 4 is 0 Å². The fourth-order valence-corrected chi connectivity index (χ4v) is 2.48. The van der Waals surface area contributed by atoms with E-state index in [9.17, 15) is 13.2 Å². The summed E-state index contributed by atoms with van der Waals surface area (Å²) in [6.07, 6.45) is -1.93. The van der Waals surface area contributed by atoms with Crippen LogP contribution in [0.5, 0.6) is 0 Å². The second kappa shape index (κ2) is 5.19. The average Bonchev–Trinajstić information content (AvgIpc) is 3.31. The van der Waals surface area contributed by atoms with Crippen LogP contribution in [0.1, 0.15) is 30.0 Å². The molecule has 0 heterocycles. The molecular weight excluding hydrogens is 275 g/mol. The van der Waals surface area contributed by atoms with Crippen LogP contribution >= 0.6 is 0 Å². The molecule has 0 saturated heterocycles. The Labute approximate surface area is 121 Å². The topological polar surface area (TPSA) is 26.0 Å². The van der Waals surface area contributed by atoms with Gasteiger partial charge >= 0.3 is 6.18 Å². The molecule has 1 atom stereocenters. The van der Waals surface area contributed by atoms with E-state index in [1.807, 2.05) is 24.3 Å². The first-order valence-electron chi connectivity index (χ1n) is 6.98. The summed E-state index contributed by atoms with van der Waals surface area (Å²) in [4.78, 5) is 0. The van der Waals surface area contributed by atoms with Crippen LogP contribution in [0.2, 0.25) is 0 Å². The summed E-state index contributed by atoms with van der Waals surface area (Å²) in [5.74, 6) is 0.585. The van der Waals surface area contributed by atoms with Gasteiger partial charge in [0.1, 0.15) is 0 Å². The summed E-state index contributed by atoms with van der Waals surface area (Å²) in [7, 11) is 0. The summed E-state index contributed by atoms with van der Waals surface area (Å²) >= 11 is 0. The SMILES string of the molecule is N[C@@H](c1ccc(-c2ccc(C(F)(F)F)cc2)cc1)C1CC1. The van der Waals surface area contributed by atoms with E-state index in [4.69, 9.17) is 5.73 Å². The van der Waals surface area contributed by atoms with Crippen molar-refractivity contribution in [2.75, 3.05) is 0 Å². The largest absolute Gasteiger partial charge is 0.416 e. The van der Waals surface area contributed by atoms with E-state index in [0.29, 0.717) is 5.92 Å². The zero-order chi connectivity index (χ0) is 15.0. The first-order chi connectivity index (χ1) is 9.95. The fourth-order valence-electron chi connectivity index (χ4n) is 2.48. The van der Waals surface area contributed by atoms with E-state index in [1.54, 1.807) is 0 Å². The number of halogens is 3. The molecule has 0 aliphatic heterocycles. The van der Waals surface area contributed by atoms with Gasteiger partial charge < -0.3 is 5.73 Å². The smallest absolute Gasteiger partial charge is 0.324 e. The minimum atomic E-state index is -4.29. The normalized spacial score (nSPS) is 16.8. The lowest BCUT2D eigenvalue weighted by molar-refractivity contribution is -0.137. The Kier molecular flexibility index (Phi) is 3.49. The zero-order valence-electron chi connectivity index (χ0n) is 11.4. The first kappa shape index (κ1) is 14.1. The Hall–Kier alpha value is -1.81. The lowest BCUT2D eigenvalue weighted by Crippen LogP contribution is -2.11. The molecule has 110 valence electrons. The van der Waals surface area contributed by atoms with Crippen LogP contribution in [0.4, 0.5) is 13.2 Å². The van der Waals surface area contributed by atoms with Gasteiger partial charge in [-0.2, -0.15) is 13.2 Å². The molecule has 2 aromatic rings. The second-order valence-electron chi connectivity index (χ2n) is 5.56. The summed E-state index contributed by atoms with van der Waals surface area (Å²) < 4.78 is 37.6. The molecule has 0 aromatic heterocycles. The number of hydrogen-bond donors (Lipinski definition) is 1. The fraction of sp³-hybridized carbons (Fsp3) is 0.294. The van der Waals surface area contributed by atoms with E-state index in [0.717, 1.165) is 28.8 Å². The van der Waals surface area contributed by atoms with Gasteiger partial charge in [-0.1, -0.05) is 36.4 Å². The maximum Gasteiger partial charge on any atom is 0.416 e. The Morgan fingerprint density at radius 2 is 1.33 bits per heavy atom. The zero-order valence-corrected chi connectivity index (χ0v) is 11.4. The minimum Gasteiger partial charge on any atom is -0.324 e. The molecule has 0 amide bonds. The number of nitrogens with two attached hydrogens (primary N) is 1. The maximum absolute atomic E-state index is 12.5. The molecule has 0 unspecified atom stereocenters. The molecule has 3 rings (SSSR count). The molecule has 0 radical (unpaired) electrons. The summed E-state index contributed by atoms with van der Waals surface area (Å²) in [5.41, 5.74) is 8.27. The van der Waals surface area contributed by atoms with E-state index < -0.39 is 11.7 Å². The standard InChI is InChI=1S/C17H16F3N/c18-17(19,20)15-9-7-12(8-10-15)11-1-3-13(4-2-11)16(21)14-5-6-14/h1-4,7-10,14,16H,5-6,21H2/t16-/m0/s1. The Bertz CT molecular complexity index is 610. The van der Waals surface area contributed by atoms with Crippen molar-refractivity contribution in [3.63, 3.8) is 0 Å². The van der Waals surface area contributed by atoms with Gasteiger partial charge in [0.25, 0.3) is 0 Å². The third-order valence-corrected chi connectivity index (χ3v) is 3.97. The van der Waals surface area contributed by atoms with Gasteiger partial charge in [-0.3, -0.25) is 0 Å². The molecule has 0 spiro atoms. The Morgan fingerprint density at radius 1 is 0.857 bits per heavy atom. The minimum absolute atomic E-state index is 0.0756. The molecule has 21 heavy (non-hydrogen) atoms. The highest BCUT2D eigenvalue weighted by molar-refractivity contribution is 5.64. The number of alkyl halides is 3. The molecule has 1 nitrogen and oxygen atoms in total. The van der Waals surface area contributed by atoms with Gasteiger partial charge in [0, 0.05) is 6.04 Å². The quantitative estimate of drug-likeness (QED) is 0.865. The van der Waals surface area contributed by atoms with E-state index in [2.05, 4.69) is 0 Å². The predicted octanol–water partition coefficient (Wildman–Crippen LogP) is 4.78. The number of benzene rings is 2. The molecule has 1 aliphatic rings. The highest BCUT2D eigenvalue weighted by atomic mass is 19.4. The van der Waals surface area contributed by atoms with E-state index >= 15 is 0 Å². The van der Waals surface area contributed by atoms with Gasteiger partial charge in [0.15, 0.2) is 0 Å². The van der Waals surface area contributed by atoms with Crippen LogP contribution in [-0.4, -0.2) is 0 Å². The number of rotatable bonds is 3. The highest BCUT2D eigenvalue weighted by Gasteiger charge is 2.30. The molecule has 0 bridgehead atoms. The molecule has 1 fully saturated rings. The van der Waals surface area contributed by atoms with Crippen molar-refractivity contribution in [3.8, 4) is 11.1 Å². The molecule has 1 aliphatic carbocycles. The molecule has 4 heteroatoms. The predicted molar refractivity (Wildman–Crippen MR) is 76.5 cm³/mol. The maximum atomic E-state index is 12.5. The lowest BCUT2D eigenvalue weighted by atomic mass is 9.98. The van der Waals surface area contributed by atoms with Crippen LogP contribution < -0.4 is 5.73 Å². The highest BCUT2D eigenvalue weighted by Crippen LogP contribution is 2.39. The Balaban J connectivity index is 1.80. The van der Waals surface area contributed by atoms with Gasteiger partial charge in [0.2, 0.25) is 0 Å².